The van der Waals surface area contributed by atoms with E-state index in [1.807, 2.05) is 47.0 Å². The molecule has 290 valence electrons. The average molecular weight is 872 g/mol. The van der Waals surface area contributed by atoms with Crippen LogP contribution < -0.4 is 11.0 Å². The Kier molecular flexibility index (Phi) is 9.91. The van der Waals surface area contributed by atoms with Gasteiger partial charge in [0.15, 0.2) is 23.3 Å². The zero-order valence-corrected chi connectivity index (χ0v) is 38.6. The SMILES string of the molecule is CC(C)Sc1cccc2c1C1=NC2=Nc2c3c(SC(C)C)cccc3c3[n]2[Al]([Cl])[n]2c(c4cccc(SC(C)C)c4c2=NC2=NC(=N3)c3c(SC(C)C)cccc32)=N1. The Hall–Kier alpha value is -3.54. The topological polar surface area (TPSA) is 84.0 Å². The first-order chi connectivity index (χ1) is 28.0. The number of thioether (sulfide) groups is 4. The van der Waals surface area contributed by atoms with Gasteiger partial charge in [0.25, 0.3) is 0 Å². The van der Waals surface area contributed by atoms with E-state index in [1.165, 1.54) is 0 Å². The minimum Gasteiger partial charge on any atom is -0.370 e. The van der Waals surface area contributed by atoms with E-state index in [-0.39, 0.29) is 0 Å². The summed E-state index contributed by atoms with van der Waals surface area (Å²) in [6, 6.07) is 25.8. The van der Waals surface area contributed by atoms with Gasteiger partial charge in [0.2, 0.25) is 0 Å². The number of fused-ring (bicyclic) bond motifs is 14. The first kappa shape index (κ1) is 38.7. The van der Waals surface area contributed by atoms with Gasteiger partial charge in [-0.15, -0.1) is 47.0 Å². The van der Waals surface area contributed by atoms with Gasteiger partial charge in [0.1, 0.15) is 22.6 Å². The van der Waals surface area contributed by atoms with Crippen LogP contribution in [0.4, 0.5) is 11.6 Å². The lowest BCUT2D eigenvalue weighted by atomic mass is 10.1. The molecule has 4 aliphatic heterocycles. The minimum atomic E-state index is -2.92. The second-order valence-corrected chi connectivity index (χ2v) is 25.0. The average Bonchev–Trinajstić information content (AvgIpc) is 3.88. The molecule has 8 nitrogen and oxygen atoms in total. The molecule has 2 aromatic heterocycles. The normalized spacial score (nSPS) is 15.2. The number of nitrogens with zero attached hydrogens (tertiary/aromatic N) is 8. The van der Waals surface area contributed by atoms with Gasteiger partial charge in [-0.2, -0.15) is 10.0 Å². The van der Waals surface area contributed by atoms with E-state index in [0.717, 1.165) is 86.0 Å². The molecular formula is C44H40AlClN8S4. The van der Waals surface area contributed by atoms with Gasteiger partial charge in [-0.1, -0.05) is 104 Å². The molecule has 4 aromatic carbocycles. The molecule has 0 atom stereocenters. The van der Waals surface area contributed by atoms with Gasteiger partial charge in [0.05, 0.1) is 0 Å². The lowest BCUT2D eigenvalue weighted by Gasteiger charge is -2.15. The van der Waals surface area contributed by atoms with Crippen molar-refractivity contribution in [2.24, 2.45) is 30.0 Å². The summed E-state index contributed by atoms with van der Waals surface area (Å²) in [5.41, 5.74) is 5.41. The molecule has 0 unspecified atom stereocenters. The summed E-state index contributed by atoms with van der Waals surface area (Å²) in [5.74, 6) is 4.01. The van der Waals surface area contributed by atoms with Crippen LogP contribution >= 0.6 is 57.1 Å². The molecule has 6 aromatic rings. The van der Waals surface area contributed by atoms with E-state index < -0.39 is 13.7 Å². The van der Waals surface area contributed by atoms with Gasteiger partial charge >= 0.3 is 13.7 Å². The predicted molar refractivity (Wildman–Crippen MR) is 251 cm³/mol. The van der Waals surface area contributed by atoms with E-state index in [4.69, 9.17) is 40.0 Å². The molecule has 0 spiro atoms. The molecule has 0 saturated carbocycles. The second kappa shape index (κ2) is 14.9. The van der Waals surface area contributed by atoms with Crippen LogP contribution in [0.15, 0.2) is 122 Å². The Labute approximate surface area is 363 Å². The summed E-state index contributed by atoms with van der Waals surface area (Å²) in [6.07, 6.45) is 0. The number of aliphatic imine (C=N–C) groups is 4. The zero-order chi connectivity index (χ0) is 40.1. The Bertz CT molecular complexity index is 3010. The van der Waals surface area contributed by atoms with Crippen molar-refractivity contribution in [3.8, 4) is 0 Å². The van der Waals surface area contributed by atoms with Crippen molar-refractivity contribution < 1.29 is 0 Å². The third-order valence-corrected chi connectivity index (χ3v) is 17.3. The maximum atomic E-state index is 8.25. The van der Waals surface area contributed by atoms with Crippen LogP contribution in [0.2, 0.25) is 0 Å². The number of halogens is 1. The van der Waals surface area contributed by atoms with E-state index in [0.29, 0.717) is 44.3 Å². The first-order valence-corrected chi connectivity index (χ1v) is 26.0. The highest BCUT2D eigenvalue weighted by Crippen LogP contribution is 2.47. The van der Waals surface area contributed by atoms with Crippen molar-refractivity contribution in [2.45, 2.75) is 96.0 Å². The lowest BCUT2D eigenvalue weighted by molar-refractivity contribution is 0.981. The highest BCUT2D eigenvalue weighted by molar-refractivity contribution is 8.00. The Balaban J connectivity index is 1.45. The third kappa shape index (κ3) is 6.30. The number of rotatable bonds is 8. The number of benzene rings is 4. The molecule has 0 fully saturated rings. The quantitative estimate of drug-likeness (QED) is 0.113. The fraction of sp³-hybridized carbons (Fsp3) is 0.273. The van der Waals surface area contributed by atoms with E-state index in [2.05, 4.69) is 135 Å². The van der Waals surface area contributed by atoms with Crippen LogP contribution in [0.3, 0.4) is 0 Å². The fourth-order valence-electron chi connectivity index (χ4n) is 8.04. The molecule has 14 heteroatoms. The standard InChI is InChI=1S/C44H40N8S4.Al.ClH/c1-21(2)53-29-17-9-13-25-33(29)41-45-37(25)50-42-35-27(15-11-19-31(35)55-23(5)6)39(47-42)52-44-36-28(16-12-20-32(36)56-24(7)8)40(48-44)51-43-34-26(38(46-43)49-41)14-10-18-30(34)54-22(3)4;;/h9-24H,1-8H3;;1H/q-2;+3;/p-1. The minimum absolute atomic E-state index is 0.327. The van der Waals surface area contributed by atoms with Crippen molar-refractivity contribution in [3.63, 3.8) is 0 Å². The molecular weight excluding hydrogens is 831 g/mol. The zero-order valence-electron chi connectivity index (χ0n) is 33.4. The molecule has 0 saturated heterocycles. The molecule has 0 aliphatic carbocycles. The molecule has 4 aliphatic rings. The van der Waals surface area contributed by atoms with Gasteiger partial charge in [-0.05, 0) is 24.3 Å². The molecule has 0 N–H and O–H groups in total. The highest BCUT2D eigenvalue weighted by atomic mass is 35.6. The van der Waals surface area contributed by atoms with Gasteiger partial charge in [-0.25, -0.2) is 30.0 Å². The van der Waals surface area contributed by atoms with Crippen LogP contribution in [-0.2, 0) is 0 Å². The van der Waals surface area contributed by atoms with Gasteiger partial charge in [-0.3, -0.25) is 0 Å². The molecule has 6 heterocycles. The first-order valence-electron chi connectivity index (χ1n) is 19.7. The second-order valence-electron chi connectivity index (χ2n) is 15.7. The van der Waals surface area contributed by atoms with Crippen LogP contribution in [0.25, 0.3) is 21.5 Å². The van der Waals surface area contributed by atoms with Crippen LogP contribution in [0.5, 0.6) is 0 Å². The number of amidine groups is 4. The van der Waals surface area contributed by atoms with Gasteiger partial charge in [0, 0.05) is 84.4 Å². The monoisotopic (exact) mass is 870 g/mol. The van der Waals surface area contributed by atoms with Crippen molar-refractivity contribution in [1.29, 1.82) is 0 Å². The Morgan fingerprint density at radius 3 is 1.50 bits per heavy atom. The maximum Gasteiger partial charge on any atom is 0.722 e. The summed E-state index contributed by atoms with van der Waals surface area (Å²) in [7, 11) is 8.25. The van der Waals surface area contributed by atoms with Crippen molar-refractivity contribution in [3.05, 3.63) is 106 Å². The van der Waals surface area contributed by atoms with Crippen LogP contribution in [0.1, 0.15) is 77.6 Å². The van der Waals surface area contributed by atoms with E-state index >= 15 is 0 Å². The van der Waals surface area contributed by atoms with Crippen LogP contribution in [-0.4, -0.2) is 65.1 Å². The highest BCUT2D eigenvalue weighted by Gasteiger charge is 2.40. The maximum absolute atomic E-state index is 8.25. The fourth-order valence-corrected chi connectivity index (χ4v) is 14.9. The van der Waals surface area contributed by atoms with Crippen molar-refractivity contribution >= 4 is 127 Å². The van der Waals surface area contributed by atoms with Crippen molar-refractivity contribution in [1.82, 2.24) is 7.10 Å². The molecule has 6 bridgehead atoms. The van der Waals surface area contributed by atoms with Crippen molar-refractivity contribution in [2.75, 3.05) is 0 Å². The smallest absolute Gasteiger partial charge is 0.370 e. The lowest BCUT2D eigenvalue weighted by Crippen LogP contribution is -2.43. The van der Waals surface area contributed by atoms with E-state index in [1.54, 1.807) is 0 Å². The Morgan fingerprint density at radius 2 is 0.897 bits per heavy atom. The summed E-state index contributed by atoms with van der Waals surface area (Å²) in [6.45, 7) is 17.8. The number of hydrogen-bond donors (Lipinski definition) is 0. The van der Waals surface area contributed by atoms with Gasteiger partial charge < -0.3 is 7.10 Å². The summed E-state index contributed by atoms with van der Waals surface area (Å²) in [4.78, 5) is 37.5. The van der Waals surface area contributed by atoms with E-state index in [9.17, 15) is 0 Å². The molecule has 0 amide bonds. The largest absolute Gasteiger partial charge is 0.722 e. The van der Waals surface area contributed by atoms with Crippen LogP contribution in [0, 0.1) is 0 Å². The Morgan fingerprint density at radius 1 is 0.448 bits per heavy atom. The molecule has 58 heavy (non-hydrogen) atoms. The number of aromatic nitrogens is 2. The molecule has 0 radical (unpaired) electrons. The third-order valence-electron chi connectivity index (χ3n) is 10.0. The summed E-state index contributed by atoms with van der Waals surface area (Å²) < 4.78 is 4.43. The summed E-state index contributed by atoms with van der Waals surface area (Å²) in [5, 5.41) is 5.35. The summed E-state index contributed by atoms with van der Waals surface area (Å²) >= 11 is 4.36. The number of hydrogen-bond acceptors (Lipinski definition) is 10. The predicted octanol–water partition coefficient (Wildman–Crippen LogP) is 11.2. The molecule has 10 rings (SSSR count).